The summed E-state index contributed by atoms with van der Waals surface area (Å²) in [5.74, 6) is -1.28. The second kappa shape index (κ2) is 6.91. The second-order valence-corrected chi connectivity index (χ2v) is 5.80. The first kappa shape index (κ1) is 15.8. The van der Waals surface area contributed by atoms with Crippen LogP contribution in [-0.2, 0) is 11.3 Å². The normalized spacial score (nSPS) is 19.4. The Morgan fingerprint density at radius 2 is 2.14 bits per heavy atom. The minimum atomic E-state index is -0.776. The van der Waals surface area contributed by atoms with Gasteiger partial charge in [0.15, 0.2) is 0 Å². The summed E-state index contributed by atoms with van der Waals surface area (Å²) in [5, 5.41) is 9.49. The highest BCUT2D eigenvalue weighted by molar-refractivity contribution is 6.31. The summed E-state index contributed by atoms with van der Waals surface area (Å²) in [5.41, 5.74) is 6.49. The summed E-state index contributed by atoms with van der Waals surface area (Å²) in [6.07, 6.45) is 3.16. The van der Waals surface area contributed by atoms with Crippen molar-refractivity contribution in [3.8, 4) is 0 Å². The third-order valence-electron chi connectivity index (χ3n) is 3.87. The number of nitrogens with zero attached hydrogens (tertiary/aromatic N) is 1. The number of nitrogens with two attached hydrogens (primary N) is 1. The molecule has 3 N–H and O–H groups in total. The summed E-state index contributed by atoms with van der Waals surface area (Å²) < 4.78 is 0. The Morgan fingerprint density at radius 1 is 1.38 bits per heavy atom. The van der Waals surface area contributed by atoms with Crippen molar-refractivity contribution in [3.05, 3.63) is 34.3 Å². The van der Waals surface area contributed by atoms with Crippen LogP contribution in [-0.4, -0.2) is 34.5 Å². The van der Waals surface area contributed by atoms with Crippen LogP contribution in [0.5, 0.6) is 0 Å². The Bertz CT molecular complexity index is 548. The number of carboxylic acid groups (broad SMARTS) is 1. The van der Waals surface area contributed by atoms with E-state index in [0.717, 1.165) is 31.4 Å². The molecule has 1 aliphatic heterocycles. The highest BCUT2D eigenvalue weighted by Gasteiger charge is 2.25. The number of likely N-dealkylation sites (tertiary alicyclic amines) is 1. The highest BCUT2D eigenvalue weighted by atomic mass is 35.5. The minimum Gasteiger partial charge on any atom is -0.481 e. The molecular formula is C15H19ClN2O3. The van der Waals surface area contributed by atoms with Crippen LogP contribution in [0.3, 0.4) is 0 Å². The molecule has 0 radical (unpaired) electrons. The first-order valence-corrected chi connectivity index (χ1v) is 7.39. The van der Waals surface area contributed by atoms with E-state index in [1.54, 1.807) is 18.2 Å². The third kappa shape index (κ3) is 4.19. The summed E-state index contributed by atoms with van der Waals surface area (Å²) in [6.45, 7) is 1.46. The van der Waals surface area contributed by atoms with Gasteiger partial charge in [0.05, 0.1) is 6.42 Å². The number of carbonyl (C=O) groups is 2. The predicted molar refractivity (Wildman–Crippen MR) is 80.3 cm³/mol. The molecule has 1 aliphatic rings. The highest BCUT2D eigenvalue weighted by Crippen LogP contribution is 2.25. The van der Waals surface area contributed by atoms with Crippen LogP contribution in [0.4, 0.5) is 0 Å². The van der Waals surface area contributed by atoms with Crippen LogP contribution in [0.1, 0.15) is 41.6 Å². The maximum absolute atomic E-state index is 11.1. The Labute approximate surface area is 128 Å². The van der Waals surface area contributed by atoms with Gasteiger partial charge in [-0.05, 0) is 37.1 Å². The monoisotopic (exact) mass is 310 g/mol. The van der Waals surface area contributed by atoms with Crippen molar-refractivity contribution in [1.29, 1.82) is 0 Å². The van der Waals surface area contributed by atoms with Crippen molar-refractivity contribution in [2.75, 3.05) is 6.54 Å². The van der Waals surface area contributed by atoms with Gasteiger partial charge in [-0.25, -0.2) is 0 Å². The summed E-state index contributed by atoms with van der Waals surface area (Å²) in [7, 11) is 0. The molecule has 0 aromatic heterocycles. The van der Waals surface area contributed by atoms with Gasteiger partial charge in [-0.1, -0.05) is 24.1 Å². The Morgan fingerprint density at radius 3 is 2.76 bits per heavy atom. The fourth-order valence-corrected chi connectivity index (χ4v) is 2.99. The number of carboxylic acids is 1. The van der Waals surface area contributed by atoms with Crippen LogP contribution in [0, 0.1) is 0 Å². The summed E-state index contributed by atoms with van der Waals surface area (Å²) >= 11 is 6.20. The number of hydrogen-bond acceptors (Lipinski definition) is 3. The van der Waals surface area contributed by atoms with Crippen molar-refractivity contribution in [2.45, 2.75) is 38.3 Å². The van der Waals surface area contributed by atoms with E-state index in [9.17, 15) is 9.59 Å². The lowest BCUT2D eigenvalue weighted by molar-refractivity contribution is -0.138. The van der Waals surface area contributed by atoms with Crippen molar-refractivity contribution >= 4 is 23.5 Å². The number of benzene rings is 1. The lowest BCUT2D eigenvalue weighted by Gasteiger charge is -2.35. The fourth-order valence-electron chi connectivity index (χ4n) is 2.75. The van der Waals surface area contributed by atoms with Gasteiger partial charge in [0, 0.05) is 23.2 Å². The topological polar surface area (TPSA) is 83.6 Å². The molecule has 6 heteroatoms. The molecule has 5 nitrogen and oxygen atoms in total. The zero-order valence-electron chi connectivity index (χ0n) is 11.7. The van der Waals surface area contributed by atoms with E-state index in [2.05, 4.69) is 4.90 Å². The van der Waals surface area contributed by atoms with Gasteiger partial charge in [0.2, 0.25) is 5.91 Å². The van der Waals surface area contributed by atoms with Crippen molar-refractivity contribution < 1.29 is 14.7 Å². The van der Waals surface area contributed by atoms with Gasteiger partial charge in [-0.15, -0.1) is 0 Å². The van der Waals surface area contributed by atoms with Gasteiger partial charge >= 0.3 is 5.97 Å². The lowest BCUT2D eigenvalue weighted by atomic mass is 9.98. The number of halogens is 1. The second-order valence-electron chi connectivity index (χ2n) is 5.39. The third-order valence-corrected chi connectivity index (χ3v) is 4.22. The van der Waals surface area contributed by atoms with Crippen LogP contribution >= 0.6 is 11.6 Å². The van der Waals surface area contributed by atoms with E-state index in [-0.39, 0.29) is 12.5 Å². The van der Waals surface area contributed by atoms with Crippen molar-refractivity contribution in [1.82, 2.24) is 4.90 Å². The number of carbonyl (C=O) groups excluding carboxylic acids is 1. The Balaban J connectivity index is 2.11. The molecule has 2 rings (SSSR count). The van der Waals surface area contributed by atoms with Crippen LogP contribution in [0.2, 0.25) is 5.02 Å². The van der Waals surface area contributed by atoms with E-state index >= 15 is 0 Å². The Hall–Kier alpha value is -1.59. The van der Waals surface area contributed by atoms with Crippen molar-refractivity contribution in [2.24, 2.45) is 5.73 Å². The van der Waals surface area contributed by atoms with E-state index in [4.69, 9.17) is 22.4 Å². The number of hydrogen-bond donors (Lipinski definition) is 2. The molecule has 1 unspecified atom stereocenters. The molecule has 0 aliphatic carbocycles. The smallest absolute Gasteiger partial charge is 0.304 e. The number of primary amides is 1. The van der Waals surface area contributed by atoms with Crippen LogP contribution in [0.25, 0.3) is 0 Å². The largest absolute Gasteiger partial charge is 0.481 e. The van der Waals surface area contributed by atoms with Gasteiger partial charge in [-0.3, -0.25) is 14.5 Å². The molecule has 1 fully saturated rings. The average molecular weight is 311 g/mol. The van der Waals surface area contributed by atoms with E-state index in [1.807, 2.05) is 0 Å². The molecule has 1 amide bonds. The molecule has 1 aromatic rings. The number of rotatable bonds is 5. The zero-order chi connectivity index (χ0) is 15.4. The molecule has 21 heavy (non-hydrogen) atoms. The summed E-state index contributed by atoms with van der Waals surface area (Å²) in [6, 6.07) is 5.05. The lowest BCUT2D eigenvalue weighted by Crippen LogP contribution is -2.40. The minimum absolute atomic E-state index is 0.0446. The van der Waals surface area contributed by atoms with Crippen LogP contribution in [0.15, 0.2) is 18.2 Å². The molecule has 1 atom stereocenters. The molecule has 1 aromatic carbocycles. The first-order valence-electron chi connectivity index (χ1n) is 7.01. The van der Waals surface area contributed by atoms with Crippen molar-refractivity contribution in [3.63, 3.8) is 0 Å². The zero-order valence-corrected chi connectivity index (χ0v) is 12.5. The predicted octanol–water partition coefficient (Wildman–Crippen LogP) is 2.27. The standard InChI is InChI=1S/C15H19ClN2O3/c16-13-7-10(15(17)21)4-5-11(13)9-18-6-2-1-3-12(18)8-14(19)20/h4-5,7,12H,1-3,6,8-9H2,(H2,17,21)(H,19,20). The summed E-state index contributed by atoms with van der Waals surface area (Å²) in [4.78, 5) is 24.2. The van der Waals surface area contributed by atoms with E-state index in [0.29, 0.717) is 17.1 Å². The van der Waals surface area contributed by atoms with Gasteiger partial charge < -0.3 is 10.8 Å². The van der Waals surface area contributed by atoms with Gasteiger partial charge in [0.1, 0.15) is 0 Å². The molecule has 0 bridgehead atoms. The molecular weight excluding hydrogens is 292 g/mol. The average Bonchev–Trinajstić information content (AvgIpc) is 2.42. The number of piperidine rings is 1. The van der Waals surface area contributed by atoms with Crippen LogP contribution < -0.4 is 5.73 Å². The number of aliphatic carboxylic acids is 1. The Kier molecular flexibility index (Phi) is 5.20. The molecule has 114 valence electrons. The fraction of sp³-hybridized carbons (Fsp3) is 0.467. The van der Waals surface area contributed by atoms with E-state index in [1.165, 1.54) is 0 Å². The molecule has 1 heterocycles. The molecule has 0 saturated carbocycles. The first-order chi connectivity index (χ1) is 9.97. The molecule has 1 saturated heterocycles. The van der Waals surface area contributed by atoms with Gasteiger partial charge in [0.25, 0.3) is 0 Å². The van der Waals surface area contributed by atoms with E-state index < -0.39 is 11.9 Å². The maximum atomic E-state index is 11.1. The van der Waals surface area contributed by atoms with Gasteiger partial charge in [-0.2, -0.15) is 0 Å². The quantitative estimate of drug-likeness (QED) is 0.874. The SMILES string of the molecule is NC(=O)c1ccc(CN2CCCCC2CC(=O)O)c(Cl)c1. The maximum Gasteiger partial charge on any atom is 0.304 e. The number of amides is 1. The molecule has 0 spiro atoms.